The molecule has 2 aromatic carbocycles. The minimum atomic E-state index is -3.92. The Hall–Kier alpha value is -2.54. The summed E-state index contributed by atoms with van der Waals surface area (Å²) >= 11 is 0. The van der Waals surface area contributed by atoms with Gasteiger partial charge in [-0.15, -0.1) is 0 Å². The quantitative estimate of drug-likeness (QED) is 0.729. The van der Waals surface area contributed by atoms with Gasteiger partial charge >= 0.3 is 5.97 Å². The summed E-state index contributed by atoms with van der Waals surface area (Å²) in [6, 6.07) is 10.2. The number of hydrogen-bond donors (Lipinski definition) is 3. The summed E-state index contributed by atoms with van der Waals surface area (Å²) in [5.41, 5.74) is 0.442. The molecule has 0 aliphatic rings. The summed E-state index contributed by atoms with van der Waals surface area (Å²) in [6.07, 6.45) is 0. The summed E-state index contributed by atoms with van der Waals surface area (Å²) in [7, 11) is -3.92. The van der Waals surface area contributed by atoms with Crippen LogP contribution in [0.3, 0.4) is 0 Å². The number of hydrogen-bond acceptors (Lipinski definition) is 4. The fraction of sp³-hybridized carbons (Fsp3) is 0.188. The van der Waals surface area contributed by atoms with Crippen LogP contribution in [-0.4, -0.2) is 24.6 Å². The minimum Gasteiger partial charge on any atom is -0.505 e. The van der Waals surface area contributed by atoms with Gasteiger partial charge in [-0.2, -0.15) is 0 Å². The highest BCUT2D eigenvalue weighted by atomic mass is 32.2. The molecule has 0 bridgehead atoms. The molecular formula is C16H17NO5S. The van der Waals surface area contributed by atoms with Crippen molar-refractivity contribution in [2.75, 3.05) is 4.72 Å². The second-order valence-corrected chi connectivity index (χ2v) is 7.02. The highest BCUT2D eigenvalue weighted by Gasteiger charge is 2.19. The van der Waals surface area contributed by atoms with E-state index in [1.165, 1.54) is 30.3 Å². The standard InChI is InChI=1S/C16H17NO5S/c1-10(2)11-6-8-12(9-7-11)23(21,22)17-14-5-3-4-13(15(14)18)16(19)20/h3-10,17-18H,1-2H3,(H,19,20). The zero-order valence-electron chi connectivity index (χ0n) is 12.6. The van der Waals surface area contributed by atoms with Crippen molar-refractivity contribution in [2.45, 2.75) is 24.7 Å². The number of benzene rings is 2. The van der Waals surface area contributed by atoms with E-state index in [0.29, 0.717) is 0 Å². The van der Waals surface area contributed by atoms with E-state index < -0.39 is 21.7 Å². The van der Waals surface area contributed by atoms with Gasteiger partial charge < -0.3 is 10.2 Å². The molecule has 0 saturated carbocycles. The van der Waals surface area contributed by atoms with Crippen LogP contribution in [0.4, 0.5) is 5.69 Å². The second-order valence-electron chi connectivity index (χ2n) is 5.34. The molecule has 0 aliphatic heterocycles. The fourth-order valence-corrected chi connectivity index (χ4v) is 3.10. The average molecular weight is 335 g/mol. The largest absolute Gasteiger partial charge is 0.505 e. The van der Waals surface area contributed by atoms with Gasteiger partial charge in [0.05, 0.1) is 10.6 Å². The summed E-state index contributed by atoms with van der Waals surface area (Å²) in [5, 5.41) is 18.8. The van der Waals surface area contributed by atoms with Gasteiger partial charge in [0.25, 0.3) is 10.0 Å². The Morgan fingerprint density at radius 3 is 2.22 bits per heavy atom. The third-order valence-corrected chi connectivity index (χ3v) is 4.75. The van der Waals surface area contributed by atoms with Crippen molar-refractivity contribution in [3.8, 4) is 5.75 Å². The van der Waals surface area contributed by atoms with Crippen LogP contribution in [-0.2, 0) is 10.0 Å². The van der Waals surface area contributed by atoms with E-state index in [-0.39, 0.29) is 22.1 Å². The monoisotopic (exact) mass is 335 g/mol. The van der Waals surface area contributed by atoms with E-state index in [4.69, 9.17) is 5.11 Å². The van der Waals surface area contributed by atoms with Crippen molar-refractivity contribution < 1.29 is 23.4 Å². The molecule has 122 valence electrons. The lowest BCUT2D eigenvalue weighted by Gasteiger charge is -2.12. The molecule has 7 heteroatoms. The van der Waals surface area contributed by atoms with Crippen LogP contribution in [0.1, 0.15) is 35.7 Å². The van der Waals surface area contributed by atoms with Gasteiger partial charge in [0.2, 0.25) is 0 Å². The Balaban J connectivity index is 2.35. The van der Waals surface area contributed by atoms with Gasteiger partial charge in [-0.3, -0.25) is 4.72 Å². The van der Waals surface area contributed by atoms with Crippen LogP contribution in [0.15, 0.2) is 47.4 Å². The number of aromatic carboxylic acids is 1. The molecule has 3 N–H and O–H groups in total. The van der Waals surface area contributed by atoms with E-state index in [0.717, 1.165) is 5.56 Å². The summed E-state index contributed by atoms with van der Waals surface area (Å²) in [5.74, 6) is -1.69. The Kier molecular flexibility index (Phi) is 4.60. The molecule has 6 nitrogen and oxygen atoms in total. The van der Waals surface area contributed by atoms with Crippen LogP contribution in [0.25, 0.3) is 0 Å². The smallest absolute Gasteiger partial charge is 0.339 e. The van der Waals surface area contributed by atoms with E-state index in [1.807, 2.05) is 13.8 Å². The van der Waals surface area contributed by atoms with E-state index in [9.17, 15) is 18.3 Å². The second kappa shape index (κ2) is 6.29. The van der Waals surface area contributed by atoms with Gasteiger partial charge in [-0.05, 0) is 35.7 Å². The number of para-hydroxylation sites is 1. The van der Waals surface area contributed by atoms with Crippen LogP contribution >= 0.6 is 0 Å². The highest BCUT2D eigenvalue weighted by Crippen LogP contribution is 2.29. The topological polar surface area (TPSA) is 104 Å². The lowest BCUT2D eigenvalue weighted by Crippen LogP contribution is -2.13. The van der Waals surface area contributed by atoms with E-state index in [2.05, 4.69) is 4.72 Å². The number of nitrogens with one attached hydrogen (secondary N) is 1. The number of anilines is 1. The lowest BCUT2D eigenvalue weighted by molar-refractivity contribution is 0.0694. The number of aromatic hydroxyl groups is 1. The Labute approximate surface area is 134 Å². The summed E-state index contributed by atoms with van der Waals surface area (Å²) < 4.78 is 26.9. The van der Waals surface area contributed by atoms with Crippen molar-refractivity contribution in [1.29, 1.82) is 0 Å². The van der Waals surface area contributed by atoms with Gasteiger partial charge in [-0.1, -0.05) is 32.0 Å². The number of carboxylic acids is 1. The zero-order valence-corrected chi connectivity index (χ0v) is 13.5. The molecule has 0 amide bonds. The summed E-state index contributed by atoms with van der Waals surface area (Å²) in [4.78, 5) is 11.0. The third kappa shape index (κ3) is 3.62. The first kappa shape index (κ1) is 16.8. The molecule has 0 unspecified atom stereocenters. The van der Waals surface area contributed by atoms with Gasteiger partial charge in [0, 0.05) is 0 Å². The van der Waals surface area contributed by atoms with Crippen molar-refractivity contribution >= 4 is 21.7 Å². The molecule has 0 atom stereocenters. The molecule has 0 saturated heterocycles. The predicted molar refractivity (Wildman–Crippen MR) is 86.4 cm³/mol. The molecule has 0 radical (unpaired) electrons. The van der Waals surface area contributed by atoms with Crippen molar-refractivity contribution in [1.82, 2.24) is 0 Å². The molecular weight excluding hydrogens is 318 g/mol. The van der Waals surface area contributed by atoms with Crippen molar-refractivity contribution in [3.05, 3.63) is 53.6 Å². The van der Waals surface area contributed by atoms with Crippen LogP contribution in [0.5, 0.6) is 5.75 Å². The predicted octanol–water partition coefficient (Wildman–Crippen LogP) is 3.01. The van der Waals surface area contributed by atoms with E-state index >= 15 is 0 Å². The third-order valence-electron chi connectivity index (χ3n) is 3.37. The van der Waals surface area contributed by atoms with E-state index in [1.54, 1.807) is 12.1 Å². The maximum atomic E-state index is 12.3. The highest BCUT2D eigenvalue weighted by molar-refractivity contribution is 7.92. The van der Waals surface area contributed by atoms with Gasteiger partial charge in [0.1, 0.15) is 5.56 Å². The fourth-order valence-electron chi connectivity index (χ4n) is 2.03. The van der Waals surface area contributed by atoms with Crippen molar-refractivity contribution in [3.63, 3.8) is 0 Å². The van der Waals surface area contributed by atoms with Gasteiger partial charge in [0.15, 0.2) is 5.75 Å². The molecule has 0 fully saturated rings. The molecule has 0 aromatic heterocycles. The SMILES string of the molecule is CC(C)c1ccc(S(=O)(=O)Nc2cccc(C(=O)O)c2O)cc1. The molecule has 0 spiro atoms. The maximum Gasteiger partial charge on any atom is 0.339 e. The number of sulfonamides is 1. The number of phenols is 1. The normalized spacial score (nSPS) is 11.4. The molecule has 2 rings (SSSR count). The Bertz CT molecular complexity index is 826. The van der Waals surface area contributed by atoms with Crippen LogP contribution < -0.4 is 4.72 Å². The molecule has 23 heavy (non-hydrogen) atoms. The first-order valence-electron chi connectivity index (χ1n) is 6.90. The Morgan fingerprint density at radius 1 is 1.09 bits per heavy atom. The lowest BCUT2D eigenvalue weighted by atomic mass is 10.0. The van der Waals surface area contributed by atoms with Crippen LogP contribution in [0.2, 0.25) is 0 Å². The average Bonchev–Trinajstić information content (AvgIpc) is 2.49. The number of carboxylic acid groups (broad SMARTS) is 1. The number of carbonyl (C=O) groups is 1. The number of rotatable bonds is 5. The first-order chi connectivity index (χ1) is 10.7. The van der Waals surface area contributed by atoms with Crippen molar-refractivity contribution in [2.24, 2.45) is 0 Å². The van der Waals surface area contributed by atoms with Crippen LogP contribution in [0, 0.1) is 0 Å². The minimum absolute atomic E-state index is 0.0297. The maximum absolute atomic E-state index is 12.3. The zero-order chi connectivity index (χ0) is 17.2. The Morgan fingerprint density at radius 2 is 1.70 bits per heavy atom. The molecule has 0 aliphatic carbocycles. The van der Waals surface area contributed by atoms with Gasteiger partial charge in [-0.25, -0.2) is 13.2 Å². The summed E-state index contributed by atoms with van der Waals surface area (Å²) in [6.45, 7) is 3.99. The molecule has 2 aromatic rings. The molecule has 0 heterocycles. The first-order valence-corrected chi connectivity index (χ1v) is 8.38.